The third-order valence-electron chi connectivity index (χ3n) is 7.74. The lowest BCUT2D eigenvalue weighted by Gasteiger charge is -2.25. The Hall–Kier alpha value is -5.03. The normalized spacial score (nSPS) is 14.2. The Morgan fingerprint density at radius 3 is 2.49 bits per heavy atom. The van der Waals surface area contributed by atoms with Gasteiger partial charge in [0.2, 0.25) is 0 Å². The number of carbonyl (C=O) groups is 1. The van der Waals surface area contributed by atoms with E-state index < -0.39 is 11.9 Å². The average Bonchev–Trinajstić information content (AvgIpc) is 3.38. The lowest BCUT2D eigenvalue weighted by atomic mass is 9.94. The topological polar surface area (TPSA) is 111 Å². The molecular formula is C37H31Cl2N3O6S. The maximum Gasteiger partial charge on any atom is 0.271 e. The lowest BCUT2D eigenvalue weighted by Crippen LogP contribution is -2.40. The summed E-state index contributed by atoms with van der Waals surface area (Å²) in [6, 6.07) is 23.7. The number of fused-ring (bicyclic) bond motifs is 1. The van der Waals surface area contributed by atoms with E-state index in [-0.39, 0.29) is 29.2 Å². The van der Waals surface area contributed by atoms with Gasteiger partial charge in [0.25, 0.3) is 11.5 Å². The van der Waals surface area contributed by atoms with E-state index in [2.05, 4.69) is 5.32 Å². The minimum Gasteiger partial charge on any atom is -0.504 e. The standard InChI is InChI=1S/C37H31Cl2N3O6S/c1-4-47-30-17-23(16-27(39)34(30)48-20-22-10-13-25(38)14-11-22)18-31-36(45)42-33(24-12-15-28(43)29(19-24)46-3)32(21(2)40-37(42)49-31)35(44)41-26-8-6-5-7-9-26/h5-19,33,43H,4,20H2,1-3H3,(H,41,44)/b31-18-/t33-/m1/s1. The number of methoxy groups -OCH3 is 1. The molecule has 0 aliphatic carbocycles. The first kappa shape index (κ1) is 33.9. The number of allylic oxidation sites excluding steroid dienone is 1. The quantitative estimate of drug-likeness (QED) is 0.163. The van der Waals surface area contributed by atoms with Gasteiger partial charge in [0.05, 0.1) is 40.6 Å². The van der Waals surface area contributed by atoms with E-state index in [0.29, 0.717) is 60.0 Å². The second kappa shape index (κ2) is 14.6. The highest BCUT2D eigenvalue weighted by Gasteiger charge is 2.33. The van der Waals surface area contributed by atoms with Crippen LogP contribution < -0.4 is 34.4 Å². The van der Waals surface area contributed by atoms with Crippen LogP contribution in [-0.2, 0) is 11.4 Å². The first-order valence-corrected chi connectivity index (χ1v) is 16.8. The highest BCUT2D eigenvalue weighted by molar-refractivity contribution is 7.07. The van der Waals surface area contributed by atoms with E-state index in [9.17, 15) is 14.7 Å². The number of nitrogens with one attached hydrogen (secondary N) is 1. The second-order valence-electron chi connectivity index (χ2n) is 11.0. The molecular weight excluding hydrogens is 685 g/mol. The Labute approximate surface area is 296 Å². The summed E-state index contributed by atoms with van der Waals surface area (Å²) in [5, 5.41) is 14.2. The van der Waals surface area contributed by atoms with Gasteiger partial charge in [-0.3, -0.25) is 14.2 Å². The molecule has 2 N–H and O–H groups in total. The van der Waals surface area contributed by atoms with Gasteiger partial charge in [-0.25, -0.2) is 4.99 Å². The summed E-state index contributed by atoms with van der Waals surface area (Å²) in [6.45, 7) is 4.20. The number of aromatic nitrogens is 1. The summed E-state index contributed by atoms with van der Waals surface area (Å²) < 4.78 is 19.2. The summed E-state index contributed by atoms with van der Waals surface area (Å²) in [6.07, 6.45) is 1.71. The molecule has 2 heterocycles. The monoisotopic (exact) mass is 715 g/mol. The highest BCUT2D eigenvalue weighted by Crippen LogP contribution is 2.38. The average molecular weight is 717 g/mol. The molecule has 0 fully saturated rings. The number of rotatable bonds is 10. The summed E-state index contributed by atoms with van der Waals surface area (Å²) in [5.74, 6) is 0.516. The maximum atomic E-state index is 14.3. The van der Waals surface area contributed by atoms with Gasteiger partial charge in [0.15, 0.2) is 27.8 Å². The molecule has 1 aliphatic rings. The van der Waals surface area contributed by atoms with Crippen molar-refractivity contribution in [3.05, 3.63) is 143 Å². The number of aromatic hydroxyl groups is 1. The van der Waals surface area contributed by atoms with Crippen molar-refractivity contribution in [2.24, 2.45) is 4.99 Å². The van der Waals surface area contributed by atoms with Gasteiger partial charge in [0.1, 0.15) is 6.61 Å². The van der Waals surface area contributed by atoms with Crippen LogP contribution in [0, 0.1) is 0 Å². The zero-order chi connectivity index (χ0) is 34.7. The van der Waals surface area contributed by atoms with E-state index >= 15 is 0 Å². The van der Waals surface area contributed by atoms with Crippen LogP contribution in [-0.4, -0.2) is 29.3 Å². The molecule has 49 heavy (non-hydrogen) atoms. The number of thiazole rings is 1. The minimum absolute atomic E-state index is 0.0720. The summed E-state index contributed by atoms with van der Waals surface area (Å²) in [7, 11) is 1.43. The van der Waals surface area contributed by atoms with Gasteiger partial charge in [-0.15, -0.1) is 0 Å². The molecule has 6 rings (SSSR count). The molecule has 1 aromatic heterocycles. The van der Waals surface area contributed by atoms with Crippen LogP contribution in [0.5, 0.6) is 23.0 Å². The van der Waals surface area contributed by atoms with Crippen LogP contribution in [0.2, 0.25) is 10.0 Å². The van der Waals surface area contributed by atoms with Crippen molar-refractivity contribution in [2.75, 3.05) is 19.0 Å². The Bertz CT molecular complexity index is 2250. The van der Waals surface area contributed by atoms with Crippen molar-refractivity contribution >= 4 is 52.2 Å². The molecule has 5 aromatic rings. The number of anilines is 1. The molecule has 4 aromatic carbocycles. The third kappa shape index (κ3) is 7.22. The van der Waals surface area contributed by atoms with E-state index in [1.807, 2.05) is 37.3 Å². The van der Waals surface area contributed by atoms with Crippen molar-refractivity contribution in [3.63, 3.8) is 0 Å². The number of hydrogen-bond donors (Lipinski definition) is 2. The van der Waals surface area contributed by atoms with E-state index in [1.165, 1.54) is 29.1 Å². The SMILES string of the molecule is CCOc1cc(/C=c2\sc3n(c2=O)[C@H](c2ccc(O)c(OC)c2)C(C(=O)Nc2ccccc2)=C(C)N=3)cc(Cl)c1OCc1ccc(Cl)cc1. The van der Waals surface area contributed by atoms with Crippen molar-refractivity contribution < 1.29 is 24.1 Å². The molecule has 250 valence electrons. The van der Waals surface area contributed by atoms with Gasteiger partial charge in [-0.2, -0.15) is 0 Å². The number of nitrogens with zero attached hydrogens (tertiary/aromatic N) is 2. The number of halogens is 2. The summed E-state index contributed by atoms with van der Waals surface area (Å²) in [4.78, 5) is 33.2. The number of carbonyl (C=O) groups excluding carboxylic acids is 1. The van der Waals surface area contributed by atoms with Gasteiger partial charge in [-0.1, -0.05) is 70.9 Å². The number of para-hydroxylation sites is 1. The van der Waals surface area contributed by atoms with Gasteiger partial charge in [-0.05, 0) is 85.1 Å². The Morgan fingerprint density at radius 1 is 1.02 bits per heavy atom. The van der Waals surface area contributed by atoms with E-state index in [1.54, 1.807) is 61.5 Å². The molecule has 1 atom stereocenters. The van der Waals surface area contributed by atoms with Gasteiger partial charge in [0, 0.05) is 10.7 Å². The van der Waals surface area contributed by atoms with Crippen molar-refractivity contribution in [2.45, 2.75) is 26.5 Å². The molecule has 12 heteroatoms. The number of ether oxygens (including phenoxy) is 3. The second-order valence-corrected chi connectivity index (χ2v) is 12.9. The first-order valence-electron chi connectivity index (χ1n) is 15.3. The fourth-order valence-corrected chi connectivity index (χ4v) is 6.92. The van der Waals surface area contributed by atoms with Gasteiger partial charge >= 0.3 is 0 Å². The van der Waals surface area contributed by atoms with Crippen LogP contribution in [0.15, 0.2) is 106 Å². The molecule has 0 unspecified atom stereocenters. The minimum atomic E-state index is -0.872. The fraction of sp³-hybridized carbons (Fsp3) is 0.162. The maximum absolute atomic E-state index is 14.3. The summed E-state index contributed by atoms with van der Waals surface area (Å²) in [5.41, 5.74) is 3.02. The van der Waals surface area contributed by atoms with Crippen LogP contribution in [0.25, 0.3) is 6.08 Å². The fourth-order valence-electron chi connectivity index (χ4n) is 5.47. The van der Waals surface area contributed by atoms with Crippen molar-refractivity contribution in [1.29, 1.82) is 0 Å². The molecule has 0 saturated carbocycles. The number of benzene rings is 4. The smallest absolute Gasteiger partial charge is 0.271 e. The number of hydrogen-bond acceptors (Lipinski definition) is 8. The molecule has 0 bridgehead atoms. The number of amides is 1. The lowest BCUT2D eigenvalue weighted by molar-refractivity contribution is -0.113. The van der Waals surface area contributed by atoms with Crippen LogP contribution >= 0.6 is 34.5 Å². The zero-order valence-electron chi connectivity index (χ0n) is 26.7. The molecule has 9 nitrogen and oxygen atoms in total. The Morgan fingerprint density at radius 2 is 1.78 bits per heavy atom. The van der Waals surface area contributed by atoms with Crippen molar-refractivity contribution in [1.82, 2.24) is 4.57 Å². The predicted octanol–water partition coefficient (Wildman–Crippen LogP) is 6.87. The van der Waals surface area contributed by atoms with Crippen LogP contribution in [0.4, 0.5) is 5.69 Å². The Kier molecular flexibility index (Phi) is 10.1. The number of phenolic OH excluding ortho intramolecular Hbond substituents is 1. The third-order valence-corrected chi connectivity index (χ3v) is 9.26. The predicted molar refractivity (Wildman–Crippen MR) is 192 cm³/mol. The molecule has 1 amide bonds. The van der Waals surface area contributed by atoms with E-state index in [4.69, 9.17) is 42.4 Å². The van der Waals surface area contributed by atoms with Crippen LogP contribution in [0.1, 0.15) is 36.6 Å². The molecule has 0 radical (unpaired) electrons. The van der Waals surface area contributed by atoms with E-state index in [0.717, 1.165) is 5.56 Å². The molecule has 1 aliphatic heterocycles. The number of phenols is 1. The molecule has 0 saturated heterocycles. The van der Waals surface area contributed by atoms with Crippen molar-refractivity contribution in [3.8, 4) is 23.0 Å². The highest BCUT2D eigenvalue weighted by atomic mass is 35.5. The largest absolute Gasteiger partial charge is 0.504 e. The van der Waals surface area contributed by atoms with Gasteiger partial charge < -0.3 is 24.6 Å². The zero-order valence-corrected chi connectivity index (χ0v) is 29.0. The molecule has 0 spiro atoms. The summed E-state index contributed by atoms with van der Waals surface area (Å²) >= 11 is 13.9. The first-order chi connectivity index (χ1) is 23.7. The van der Waals surface area contributed by atoms with Crippen LogP contribution in [0.3, 0.4) is 0 Å². The Balaban J connectivity index is 1.43.